The average molecular weight is 230 g/mol. The van der Waals surface area contributed by atoms with Crippen molar-refractivity contribution in [1.29, 1.82) is 0 Å². The molecule has 0 aliphatic heterocycles. The largest absolute Gasteiger partial charge is 0.362 e. The number of benzene rings is 2. The summed E-state index contributed by atoms with van der Waals surface area (Å²) in [6.45, 7) is 1.73. The van der Waals surface area contributed by atoms with E-state index >= 15 is 0 Å². The fourth-order valence-corrected chi connectivity index (χ4v) is 1.29. The van der Waals surface area contributed by atoms with Gasteiger partial charge in [-0.05, 0) is 0 Å². The summed E-state index contributed by atoms with van der Waals surface area (Å²) in [5.41, 5.74) is 0.544. The Morgan fingerprint density at radius 1 is 0.765 bits per heavy atom. The minimum atomic E-state index is -1.67. The molecule has 2 N–H and O–H groups in total. The molecule has 0 unspecified atom stereocenters. The number of aliphatic hydroxyl groups is 2. The van der Waals surface area contributed by atoms with Gasteiger partial charge in [0.2, 0.25) is 0 Å². The van der Waals surface area contributed by atoms with Crippen LogP contribution in [0.5, 0.6) is 0 Å². The van der Waals surface area contributed by atoms with Gasteiger partial charge in [-0.1, -0.05) is 73.7 Å². The van der Waals surface area contributed by atoms with Crippen LogP contribution in [0.1, 0.15) is 18.9 Å². The van der Waals surface area contributed by atoms with Crippen LogP contribution in [-0.4, -0.2) is 10.2 Å². The van der Waals surface area contributed by atoms with E-state index in [1.54, 1.807) is 31.2 Å². The lowest BCUT2D eigenvalue weighted by molar-refractivity contribution is -0.171. The number of hydrogen-bond donors (Lipinski definition) is 2. The molecule has 2 aromatic rings. The highest BCUT2D eigenvalue weighted by molar-refractivity contribution is 5.19. The highest BCUT2D eigenvalue weighted by atomic mass is 16.5. The minimum absolute atomic E-state index is 0.303. The lowest BCUT2D eigenvalue weighted by atomic mass is 10.0. The maximum atomic E-state index is 9.35. The molecule has 2 aromatic carbocycles. The second-order valence-electron chi connectivity index (χ2n) is 3.69. The van der Waals surface area contributed by atoms with Crippen LogP contribution in [0, 0.1) is 0 Å². The fraction of sp³-hybridized carbons (Fsp3) is 0.200. The maximum Gasteiger partial charge on any atom is 0.189 e. The van der Waals surface area contributed by atoms with Gasteiger partial charge in [-0.25, -0.2) is 0 Å². The van der Waals surface area contributed by atoms with Gasteiger partial charge in [0.1, 0.15) is 0 Å². The Bertz CT molecular complexity index is 369. The molecule has 0 amide bonds. The van der Waals surface area contributed by atoms with Crippen LogP contribution in [0.15, 0.2) is 66.7 Å². The van der Waals surface area contributed by atoms with E-state index in [9.17, 15) is 10.2 Å². The van der Waals surface area contributed by atoms with E-state index in [-0.39, 0.29) is 0 Å². The van der Waals surface area contributed by atoms with Crippen molar-refractivity contribution in [2.45, 2.75) is 19.1 Å². The average Bonchev–Trinajstić information content (AvgIpc) is 2.42. The van der Waals surface area contributed by atoms with Gasteiger partial charge in [-0.3, -0.25) is 0 Å². The third-order valence-corrected chi connectivity index (χ3v) is 2.40. The SMILES string of the molecule is CCC(O)(O)c1ccccc1.c1ccccc1. The van der Waals surface area contributed by atoms with Gasteiger partial charge in [0, 0.05) is 12.0 Å². The van der Waals surface area contributed by atoms with Crippen LogP contribution in [0.4, 0.5) is 0 Å². The molecular weight excluding hydrogens is 212 g/mol. The van der Waals surface area contributed by atoms with E-state index in [1.165, 1.54) is 0 Å². The van der Waals surface area contributed by atoms with Crippen LogP contribution >= 0.6 is 0 Å². The van der Waals surface area contributed by atoms with Crippen molar-refractivity contribution >= 4 is 0 Å². The molecule has 0 bridgehead atoms. The van der Waals surface area contributed by atoms with Crippen molar-refractivity contribution in [2.24, 2.45) is 0 Å². The molecule has 90 valence electrons. The van der Waals surface area contributed by atoms with Gasteiger partial charge in [0.05, 0.1) is 0 Å². The molecule has 0 aromatic heterocycles. The van der Waals surface area contributed by atoms with E-state index in [4.69, 9.17) is 0 Å². The van der Waals surface area contributed by atoms with Crippen LogP contribution in [-0.2, 0) is 5.79 Å². The van der Waals surface area contributed by atoms with E-state index in [0.29, 0.717) is 12.0 Å². The summed E-state index contributed by atoms with van der Waals surface area (Å²) in [6, 6.07) is 20.8. The first-order valence-corrected chi connectivity index (χ1v) is 5.67. The van der Waals surface area contributed by atoms with Crippen LogP contribution in [0.3, 0.4) is 0 Å². The molecule has 17 heavy (non-hydrogen) atoms. The summed E-state index contributed by atoms with van der Waals surface area (Å²) in [7, 11) is 0. The molecular formula is C15H18O2. The first-order chi connectivity index (χ1) is 8.17. The molecule has 0 aliphatic carbocycles. The topological polar surface area (TPSA) is 40.5 Å². The quantitative estimate of drug-likeness (QED) is 0.779. The fourth-order valence-electron chi connectivity index (χ4n) is 1.29. The van der Waals surface area contributed by atoms with E-state index in [1.807, 2.05) is 42.5 Å². The van der Waals surface area contributed by atoms with Gasteiger partial charge in [-0.15, -0.1) is 0 Å². The Morgan fingerprint density at radius 2 is 1.12 bits per heavy atom. The third-order valence-electron chi connectivity index (χ3n) is 2.40. The molecule has 0 radical (unpaired) electrons. The Hall–Kier alpha value is -1.64. The summed E-state index contributed by atoms with van der Waals surface area (Å²) in [4.78, 5) is 0. The Kier molecular flexibility index (Phi) is 5.40. The third kappa shape index (κ3) is 4.81. The molecule has 0 spiro atoms. The van der Waals surface area contributed by atoms with E-state index in [0.717, 1.165) is 0 Å². The zero-order chi connectivity index (χ0) is 12.6. The zero-order valence-corrected chi connectivity index (χ0v) is 9.95. The van der Waals surface area contributed by atoms with Crippen molar-refractivity contribution in [1.82, 2.24) is 0 Å². The van der Waals surface area contributed by atoms with Crippen molar-refractivity contribution < 1.29 is 10.2 Å². The second kappa shape index (κ2) is 6.84. The predicted molar refractivity (Wildman–Crippen MR) is 69.3 cm³/mol. The number of rotatable bonds is 2. The lowest BCUT2D eigenvalue weighted by Gasteiger charge is -2.19. The molecule has 2 nitrogen and oxygen atoms in total. The molecule has 2 rings (SSSR count). The lowest BCUT2D eigenvalue weighted by Crippen LogP contribution is -2.23. The minimum Gasteiger partial charge on any atom is -0.362 e. The first kappa shape index (κ1) is 13.4. The molecule has 0 atom stereocenters. The summed E-state index contributed by atoms with van der Waals surface area (Å²) in [5.74, 6) is -1.67. The van der Waals surface area contributed by atoms with Crippen LogP contribution < -0.4 is 0 Å². The van der Waals surface area contributed by atoms with E-state index in [2.05, 4.69) is 0 Å². The number of hydrogen-bond acceptors (Lipinski definition) is 2. The highest BCUT2D eigenvalue weighted by Crippen LogP contribution is 2.20. The Labute approximate surface area is 102 Å². The second-order valence-corrected chi connectivity index (χ2v) is 3.69. The molecule has 0 aliphatic rings. The Morgan fingerprint density at radius 3 is 1.47 bits per heavy atom. The van der Waals surface area contributed by atoms with Gasteiger partial charge >= 0.3 is 0 Å². The monoisotopic (exact) mass is 230 g/mol. The maximum absolute atomic E-state index is 9.35. The van der Waals surface area contributed by atoms with Crippen LogP contribution in [0.25, 0.3) is 0 Å². The summed E-state index contributed by atoms with van der Waals surface area (Å²) in [5, 5.41) is 18.7. The summed E-state index contributed by atoms with van der Waals surface area (Å²) in [6.07, 6.45) is 0.303. The van der Waals surface area contributed by atoms with Gasteiger partial charge in [0.25, 0.3) is 0 Å². The van der Waals surface area contributed by atoms with Crippen LogP contribution in [0.2, 0.25) is 0 Å². The van der Waals surface area contributed by atoms with Crippen molar-refractivity contribution in [3.8, 4) is 0 Å². The standard InChI is InChI=1S/C9H12O2.C6H6/c1-2-9(10,11)8-6-4-3-5-7-8;1-2-4-6-5-3-1/h3-7,10-11H,2H2,1H3;1-6H. The molecule has 2 heteroatoms. The molecule has 0 heterocycles. The molecule has 0 saturated carbocycles. The van der Waals surface area contributed by atoms with Crippen molar-refractivity contribution in [2.75, 3.05) is 0 Å². The zero-order valence-electron chi connectivity index (χ0n) is 9.95. The smallest absolute Gasteiger partial charge is 0.189 e. The highest BCUT2D eigenvalue weighted by Gasteiger charge is 2.21. The summed E-state index contributed by atoms with van der Waals surface area (Å²) >= 11 is 0. The van der Waals surface area contributed by atoms with E-state index < -0.39 is 5.79 Å². The predicted octanol–water partition coefficient (Wildman–Crippen LogP) is 2.92. The van der Waals surface area contributed by atoms with Crippen molar-refractivity contribution in [3.63, 3.8) is 0 Å². The first-order valence-electron chi connectivity index (χ1n) is 5.67. The van der Waals surface area contributed by atoms with Gasteiger partial charge in [-0.2, -0.15) is 0 Å². The summed E-state index contributed by atoms with van der Waals surface area (Å²) < 4.78 is 0. The van der Waals surface area contributed by atoms with Crippen molar-refractivity contribution in [3.05, 3.63) is 72.3 Å². The van der Waals surface area contributed by atoms with Gasteiger partial charge < -0.3 is 10.2 Å². The molecule has 0 fully saturated rings. The normalized spacial score (nSPS) is 10.3. The Balaban J connectivity index is 0.000000202. The van der Waals surface area contributed by atoms with Gasteiger partial charge in [0.15, 0.2) is 5.79 Å². The molecule has 0 saturated heterocycles.